The minimum Gasteiger partial charge on any atom is -0.310 e. The van der Waals surface area contributed by atoms with E-state index < -0.39 is 0 Å². The molecule has 1 fully saturated rings. The van der Waals surface area contributed by atoms with Gasteiger partial charge in [0.2, 0.25) is 0 Å². The lowest BCUT2D eigenvalue weighted by Gasteiger charge is -2.11. The molecular formula is C16H15ClFNS. The summed E-state index contributed by atoms with van der Waals surface area (Å²) in [5.41, 5.74) is 0.749. The molecule has 2 aromatic rings. The van der Waals surface area contributed by atoms with E-state index in [2.05, 4.69) is 5.32 Å². The van der Waals surface area contributed by atoms with Crippen LogP contribution in [0.5, 0.6) is 0 Å². The molecule has 0 unspecified atom stereocenters. The van der Waals surface area contributed by atoms with Gasteiger partial charge in [-0.25, -0.2) is 4.39 Å². The van der Waals surface area contributed by atoms with Crippen molar-refractivity contribution in [2.24, 2.45) is 0 Å². The van der Waals surface area contributed by atoms with Gasteiger partial charge in [0.1, 0.15) is 5.82 Å². The molecule has 0 aromatic heterocycles. The summed E-state index contributed by atoms with van der Waals surface area (Å²) in [5.74, 6) is -0.142. The summed E-state index contributed by atoms with van der Waals surface area (Å²) >= 11 is 7.45. The van der Waals surface area contributed by atoms with E-state index in [9.17, 15) is 4.39 Å². The number of nitrogens with one attached hydrogen (secondary N) is 1. The van der Waals surface area contributed by atoms with Crippen LogP contribution in [0.2, 0.25) is 5.02 Å². The Morgan fingerprint density at radius 2 is 1.90 bits per heavy atom. The zero-order valence-electron chi connectivity index (χ0n) is 10.9. The Bertz CT molecular complexity index is 596. The van der Waals surface area contributed by atoms with Crippen molar-refractivity contribution in [2.75, 3.05) is 0 Å². The lowest BCUT2D eigenvalue weighted by Crippen LogP contribution is -2.16. The van der Waals surface area contributed by atoms with Crippen molar-refractivity contribution >= 4 is 23.4 Å². The summed E-state index contributed by atoms with van der Waals surface area (Å²) in [7, 11) is 0. The van der Waals surface area contributed by atoms with Crippen molar-refractivity contribution in [1.29, 1.82) is 0 Å². The Hall–Kier alpha value is -1.03. The van der Waals surface area contributed by atoms with Gasteiger partial charge in [0.05, 0.1) is 0 Å². The summed E-state index contributed by atoms with van der Waals surface area (Å²) in [6, 6.07) is 13.4. The van der Waals surface area contributed by atoms with Crippen LogP contribution in [0, 0.1) is 5.82 Å². The number of benzene rings is 2. The van der Waals surface area contributed by atoms with Crippen LogP contribution in [-0.4, -0.2) is 6.04 Å². The van der Waals surface area contributed by atoms with Gasteiger partial charge in [-0.15, -0.1) is 0 Å². The Labute approximate surface area is 127 Å². The first-order valence-corrected chi connectivity index (χ1v) is 7.86. The molecule has 104 valence electrons. The molecule has 0 bridgehead atoms. The van der Waals surface area contributed by atoms with E-state index in [0.29, 0.717) is 17.6 Å². The minimum absolute atomic E-state index is 0.142. The zero-order chi connectivity index (χ0) is 13.9. The molecule has 0 amide bonds. The smallest absolute Gasteiger partial charge is 0.128 e. The number of halogens is 2. The van der Waals surface area contributed by atoms with Crippen molar-refractivity contribution in [1.82, 2.24) is 5.32 Å². The number of hydrogen-bond acceptors (Lipinski definition) is 2. The lowest BCUT2D eigenvalue weighted by atomic mass is 10.2. The van der Waals surface area contributed by atoms with Crippen molar-refractivity contribution in [3.05, 3.63) is 58.9 Å². The van der Waals surface area contributed by atoms with Gasteiger partial charge < -0.3 is 5.32 Å². The third-order valence-electron chi connectivity index (χ3n) is 3.26. The molecule has 1 N–H and O–H groups in total. The van der Waals surface area contributed by atoms with E-state index in [1.54, 1.807) is 17.8 Å². The first-order valence-electron chi connectivity index (χ1n) is 6.66. The highest BCUT2D eigenvalue weighted by Crippen LogP contribution is 2.32. The molecule has 0 aliphatic heterocycles. The van der Waals surface area contributed by atoms with Gasteiger partial charge in [0.25, 0.3) is 0 Å². The summed E-state index contributed by atoms with van der Waals surface area (Å²) < 4.78 is 14.0. The van der Waals surface area contributed by atoms with E-state index in [0.717, 1.165) is 15.4 Å². The fraction of sp³-hybridized carbons (Fsp3) is 0.250. The van der Waals surface area contributed by atoms with Gasteiger partial charge in [0.15, 0.2) is 0 Å². The molecule has 0 radical (unpaired) electrons. The zero-order valence-corrected chi connectivity index (χ0v) is 12.5. The Kier molecular flexibility index (Phi) is 4.29. The van der Waals surface area contributed by atoms with Crippen LogP contribution in [0.25, 0.3) is 0 Å². The molecule has 1 aliphatic carbocycles. The van der Waals surface area contributed by atoms with Crippen molar-refractivity contribution < 1.29 is 4.39 Å². The maximum Gasteiger partial charge on any atom is 0.128 e. The van der Waals surface area contributed by atoms with Gasteiger partial charge in [-0.2, -0.15) is 0 Å². The summed E-state index contributed by atoms with van der Waals surface area (Å²) in [5, 5.41) is 4.09. The monoisotopic (exact) mass is 307 g/mol. The highest BCUT2D eigenvalue weighted by molar-refractivity contribution is 7.99. The topological polar surface area (TPSA) is 12.0 Å². The van der Waals surface area contributed by atoms with Gasteiger partial charge >= 0.3 is 0 Å². The van der Waals surface area contributed by atoms with Crippen LogP contribution in [0.3, 0.4) is 0 Å². The molecule has 0 spiro atoms. The first kappa shape index (κ1) is 13.9. The van der Waals surface area contributed by atoms with Crippen molar-refractivity contribution in [3.8, 4) is 0 Å². The standard InChI is InChI=1S/C16H15ClFNS/c17-11-4-8-13(9-5-11)20-16-3-1-2-15(18)14(16)10-19-12-6-7-12/h1-5,8-9,12,19H,6-7,10H2. The highest BCUT2D eigenvalue weighted by atomic mass is 35.5. The van der Waals surface area contributed by atoms with Crippen LogP contribution < -0.4 is 5.32 Å². The SMILES string of the molecule is Fc1cccc(Sc2ccc(Cl)cc2)c1CNC1CC1. The Balaban J connectivity index is 1.80. The molecule has 2 aromatic carbocycles. The van der Waals surface area contributed by atoms with Crippen LogP contribution >= 0.6 is 23.4 Å². The quantitative estimate of drug-likeness (QED) is 0.844. The van der Waals surface area contributed by atoms with Crippen LogP contribution in [0.15, 0.2) is 52.3 Å². The normalized spacial score (nSPS) is 14.5. The predicted molar refractivity (Wildman–Crippen MR) is 81.8 cm³/mol. The predicted octanol–water partition coefficient (Wildman–Crippen LogP) is 4.88. The fourth-order valence-electron chi connectivity index (χ4n) is 1.97. The van der Waals surface area contributed by atoms with Gasteiger partial charge in [-0.3, -0.25) is 0 Å². The second-order valence-electron chi connectivity index (χ2n) is 4.93. The molecule has 0 atom stereocenters. The van der Waals surface area contributed by atoms with Gasteiger partial charge in [0, 0.05) is 33.0 Å². The summed E-state index contributed by atoms with van der Waals surface area (Å²) in [6.07, 6.45) is 2.40. The maximum atomic E-state index is 14.0. The van der Waals surface area contributed by atoms with Crippen molar-refractivity contribution in [2.45, 2.75) is 35.2 Å². The molecule has 3 rings (SSSR count). The highest BCUT2D eigenvalue weighted by Gasteiger charge is 2.21. The summed E-state index contributed by atoms with van der Waals surface area (Å²) in [6.45, 7) is 0.591. The number of hydrogen-bond donors (Lipinski definition) is 1. The van der Waals surface area contributed by atoms with Crippen LogP contribution in [0.1, 0.15) is 18.4 Å². The second kappa shape index (κ2) is 6.17. The third kappa shape index (κ3) is 3.54. The third-order valence-corrected chi connectivity index (χ3v) is 4.62. The molecule has 1 aliphatic rings. The molecule has 1 saturated carbocycles. The largest absolute Gasteiger partial charge is 0.310 e. The van der Waals surface area contributed by atoms with Crippen molar-refractivity contribution in [3.63, 3.8) is 0 Å². The average Bonchev–Trinajstić information content (AvgIpc) is 3.25. The molecule has 0 saturated heterocycles. The lowest BCUT2D eigenvalue weighted by molar-refractivity contribution is 0.579. The van der Waals surface area contributed by atoms with E-state index in [1.165, 1.54) is 18.9 Å². The number of rotatable bonds is 5. The van der Waals surface area contributed by atoms with E-state index in [-0.39, 0.29) is 5.82 Å². The van der Waals surface area contributed by atoms with Crippen LogP contribution in [-0.2, 0) is 6.54 Å². The molecule has 0 heterocycles. The van der Waals surface area contributed by atoms with Crippen LogP contribution in [0.4, 0.5) is 4.39 Å². The molecule has 20 heavy (non-hydrogen) atoms. The van der Waals surface area contributed by atoms with E-state index in [1.807, 2.05) is 30.3 Å². The summed E-state index contributed by atoms with van der Waals surface area (Å²) in [4.78, 5) is 2.02. The molecule has 1 nitrogen and oxygen atoms in total. The Morgan fingerprint density at radius 3 is 2.60 bits per heavy atom. The minimum atomic E-state index is -0.142. The fourth-order valence-corrected chi connectivity index (χ4v) is 3.06. The maximum absolute atomic E-state index is 14.0. The average molecular weight is 308 g/mol. The molecular weight excluding hydrogens is 293 g/mol. The van der Waals surface area contributed by atoms with E-state index >= 15 is 0 Å². The molecule has 4 heteroatoms. The first-order chi connectivity index (χ1) is 9.72. The Morgan fingerprint density at radius 1 is 1.15 bits per heavy atom. The van der Waals surface area contributed by atoms with Gasteiger partial charge in [-0.05, 0) is 49.2 Å². The van der Waals surface area contributed by atoms with E-state index in [4.69, 9.17) is 11.6 Å². The van der Waals surface area contributed by atoms with Gasteiger partial charge in [-0.1, -0.05) is 29.4 Å². The second-order valence-corrected chi connectivity index (χ2v) is 6.48.